The van der Waals surface area contributed by atoms with Crippen LogP contribution in [0.2, 0.25) is 10.0 Å². The number of carbonyl (C=O) groups is 1. The number of ether oxygens (including phenoxy) is 1. The Labute approximate surface area is 137 Å². The molecule has 0 amide bonds. The fourth-order valence-electron chi connectivity index (χ4n) is 1.90. The molecule has 0 aliphatic heterocycles. The number of carboxylic acids is 1. The van der Waals surface area contributed by atoms with Crippen LogP contribution >= 0.6 is 23.2 Å². The molecule has 0 saturated heterocycles. The summed E-state index contributed by atoms with van der Waals surface area (Å²) in [6.07, 6.45) is 1.34. The van der Waals surface area contributed by atoms with Gasteiger partial charge in [0.1, 0.15) is 11.5 Å². The maximum Gasteiger partial charge on any atom is 0.336 e. The Morgan fingerprint density at radius 3 is 2.50 bits per heavy atom. The first kappa shape index (κ1) is 16.2. The number of methoxy groups -OCH3 is 1. The molecule has 0 aromatic heterocycles. The largest absolute Gasteiger partial charge is 0.507 e. The number of aromatic hydroxyl groups is 1. The number of aliphatic carboxylic acids is 1. The lowest BCUT2D eigenvalue weighted by Crippen LogP contribution is -2.00. The highest BCUT2D eigenvalue weighted by Gasteiger charge is 2.14. The van der Waals surface area contributed by atoms with Gasteiger partial charge in [0.25, 0.3) is 0 Å². The van der Waals surface area contributed by atoms with Crippen molar-refractivity contribution in [3.8, 4) is 11.5 Å². The fraction of sp³-hybridized carbons (Fsp3) is 0.0625. The molecule has 0 spiro atoms. The average Bonchev–Trinajstić information content (AvgIpc) is 2.47. The Hall–Kier alpha value is -2.17. The SMILES string of the molecule is COc1ccc(/C(=C/c2cc(Cl)ccc2O)C(=O)O)cc1Cl. The molecular weight excluding hydrogens is 327 g/mol. The number of benzene rings is 2. The normalized spacial score (nSPS) is 11.3. The molecule has 0 saturated carbocycles. The van der Waals surface area contributed by atoms with E-state index in [1.165, 1.54) is 37.5 Å². The number of halogens is 2. The lowest BCUT2D eigenvalue weighted by molar-refractivity contribution is -0.130. The molecule has 2 N–H and O–H groups in total. The highest BCUT2D eigenvalue weighted by Crippen LogP contribution is 2.31. The number of hydrogen-bond donors (Lipinski definition) is 2. The van der Waals surface area contributed by atoms with Gasteiger partial charge in [-0.05, 0) is 42.0 Å². The minimum Gasteiger partial charge on any atom is -0.507 e. The second kappa shape index (κ2) is 6.73. The van der Waals surface area contributed by atoms with Crippen LogP contribution in [0.3, 0.4) is 0 Å². The number of phenolic OH excluding ortho intramolecular Hbond substituents is 1. The van der Waals surface area contributed by atoms with Crippen LogP contribution in [0.1, 0.15) is 11.1 Å². The third-order valence-corrected chi connectivity index (χ3v) is 3.51. The van der Waals surface area contributed by atoms with E-state index in [4.69, 9.17) is 27.9 Å². The molecule has 0 aliphatic carbocycles. The fourth-order valence-corrected chi connectivity index (χ4v) is 2.34. The Balaban J connectivity index is 2.55. The smallest absolute Gasteiger partial charge is 0.336 e. The third-order valence-electron chi connectivity index (χ3n) is 2.98. The van der Waals surface area contributed by atoms with Crippen LogP contribution in [0.15, 0.2) is 36.4 Å². The van der Waals surface area contributed by atoms with E-state index in [1.54, 1.807) is 12.1 Å². The van der Waals surface area contributed by atoms with Crippen LogP contribution in [0.25, 0.3) is 11.6 Å². The number of carboxylic acid groups (broad SMARTS) is 1. The molecule has 0 unspecified atom stereocenters. The van der Waals surface area contributed by atoms with Crippen LogP contribution in [0, 0.1) is 0 Å². The van der Waals surface area contributed by atoms with Gasteiger partial charge < -0.3 is 14.9 Å². The Morgan fingerprint density at radius 2 is 1.91 bits per heavy atom. The predicted molar refractivity (Wildman–Crippen MR) is 86.6 cm³/mol. The zero-order valence-corrected chi connectivity index (χ0v) is 13.0. The van der Waals surface area contributed by atoms with E-state index in [2.05, 4.69) is 0 Å². The first-order valence-electron chi connectivity index (χ1n) is 6.20. The maximum absolute atomic E-state index is 11.5. The van der Waals surface area contributed by atoms with Crippen molar-refractivity contribution in [3.05, 3.63) is 57.6 Å². The molecule has 0 bridgehead atoms. The van der Waals surface area contributed by atoms with Gasteiger partial charge in [0.05, 0.1) is 17.7 Å². The van der Waals surface area contributed by atoms with Crippen LogP contribution in [0.4, 0.5) is 0 Å². The van der Waals surface area contributed by atoms with Crippen LogP contribution < -0.4 is 4.74 Å². The summed E-state index contributed by atoms with van der Waals surface area (Å²) in [6.45, 7) is 0. The molecule has 2 aromatic carbocycles. The van der Waals surface area contributed by atoms with E-state index in [1.807, 2.05) is 0 Å². The highest BCUT2D eigenvalue weighted by molar-refractivity contribution is 6.33. The van der Waals surface area contributed by atoms with Gasteiger partial charge >= 0.3 is 5.97 Å². The molecule has 0 fully saturated rings. The summed E-state index contributed by atoms with van der Waals surface area (Å²) in [5, 5.41) is 19.9. The van der Waals surface area contributed by atoms with E-state index in [9.17, 15) is 15.0 Å². The van der Waals surface area contributed by atoms with Gasteiger partial charge in [0.15, 0.2) is 0 Å². The molecule has 0 radical (unpaired) electrons. The summed E-state index contributed by atoms with van der Waals surface area (Å²) in [7, 11) is 1.47. The van der Waals surface area contributed by atoms with Crippen molar-refractivity contribution >= 4 is 40.8 Å². The summed E-state index contributed by atoms with van der Waals surface area (Å²) in [5.41, 5.74) is 0.664. The number of hydrogen-bond acceptors (Lipinski definition) is 3. The van der Waals surface area contributed by atoms with Gasteiger partial charge in [-0.3, -0.25) is 0 Å². The summed E-state index contributed by atoms with van der Waals surface area (Å²) in [6, 6.07) is 9.03. The Bertz CT molecular complexity index is 754. The van der Waals surface area contributed by atoms with Gasteiger partial charge in [0, 0.05) is 10.6 Å². The minimum atomic E-state index is -1.15. The topological polar surface area (TPSA) is 66.8 Å². The van der Waals surface area contributed by atoms with Gasteiger partial charge in [-0.15, -0.1) is 0 Å². The Morgan fingerprint density at radius 1 is 1.18 bits per heavy atom. The number of rotatable bonds is 4. The molecule has 2 rings (SSSR count). The maximum atomic E-state index is 11.5. The average molecular weight is 339 g/mol. The van der Waals surface area contributed by atoms with Gasteiger partial charge in [-0.25, -0.2) is 4.79 Å². The van der Waals surface area contributed by atoms with E-state index in [0.717, 1.165) is 0 Å². The highest BCUT2D eigenvalue weighted by atomic mass is 35.5. The van der Waals surface area contributed by atoms with Crippen molar-refractivity contribution in [2.45, 2.75) is 0 Å². The predicted octanol–water partition coefficient (Wildman–Crippen LogP) is 4.33. The van der Waals surface area contributed by atoms with Crippen molar-refractivity contribution in [3.63, 3.8) is 0 Å². The van der Waals surface area contributed by atoms with E-state index in [0.29, 0.717) is 26.9 Å². The summed E-state index contributed by atoms with van der Waals surface area (Å²) >= 11 is 11.9. The lowest BCUT2D eigenvalue weighted by atomic mass is 10.0. The molecule has 4 nitrogen and oxygen atoms in total. The second-order valence-corrected chi connectivity index (χ2v) is 5.26. The van der Waals surface area contributed by atoms with Crippen LogP contribution in [-0.2, 0) is 4.79 Å². The Kier molecular flexibility index (Phi) is 4.96. The van der Waals surface area contributed by atoms with Crippen molar-refractivity contribution in [1.29, 1.82) is 0 Å². The van der Waals surface area contributed by atoms with E-state index < -0.39 is 5.97 Å². The van der Waals surface area contributed by atoms with Crippen molar-refractivity contribution in [1.82, 2.24) is 0 Å². The first-order chi connectivity index (χ1) is 10.4. The van der Waals surface area contributed by atoms with Gasteiger partial charge in [0.2, 0.25) is 0 Å². The summed E-state index contributed by atoms with van der Waals surface area (Å²) in [5.74, 6) is -0.774. The molecular formula is C16H12Cl2O4. The zero-order chi connectivity index (χ0) is 16.3. The lowest BCUT2D eigenvalue weighted by Gasteiger charge is -2.08. The quantitative estimate of drug-likeness (QED) is 0.643. The monoisotopic (exact) mass is 338 g/mol. The first-order valence-corrected chi connectivity index (χ1v) is 6.95. The molecule has 0 aliphatic rings. The molecule has 22 heavy (non-hydrogen) atoms. The number of phenols is 1. The van der Waals surface area contributed by atoms with Crippen LogP contribution in [0.5, 0.6) is 11.5 Å². The van der Waals surface area contributed by atoms with Crippen molar-refractivity contribution < 1.29 is 19.7 Å². The second-order valence-electron chi connectivity index (χ2n) is 4.42. The molecule has 2 aromatic rings. The minimum absolute atomic E-state index is 0.0258. The summed E-state index contributed by atoms with van der Waals surface area (Å²) < 4.78 is 5.04. The third kappa shape index (κ3) is 3.53. The van der Waals surface area contributed by atoms with Gasteiger partial charge in [-0.1, -0.05) is 29.3 Å². The molecule has 114 valence electrons. The van der Waals surface area contributed by atoms with Crippen molar-refractivity contribution in [2.75, 3.05) is 7.11 Å². The van der Waals surface area contributed by atoms with Gasteiger partial charge in [-0.2, -0.15) is 0 Å². The van der Waals surface area contributed by atoms with Crippen LogP contribution in [-0.4, -0.2) is 23.3 Å². The van der Waals surface area contributed by atoms with E-state index in [-0.39, 0.29) is 11.3 Å². The molecule has 0 atom stereocenters. The van der Waals surface area contributed by atoms with E-state index >= 15 is 0 Å². The van der Waals surface area contributed by atoms with Crippen molar-refractivity contribution in [2.24, 2.45) is 0 Å². The zero-order valence-electron chi connectivity index (χ0n) is 11.5. The molecule has 6 heteroatoms. The summed E-state index contributed by atoms with van der Waals surface area (Å²) in [4.78, 5) is 11.5. The molecule has 0 heterocycles. The standard InChI is InChI=1S/C16H12Cl2O4/c1-22-15-5-2-9(8-13(15)18)12(16(20)21)7-10-6-11(17)3-4-14(10)19/h2-8,19H,1H3,(H,20,21)/b12-7-.